The van der Waals surface area contributed by atoms with Crippen LogP contribution in [-0.4, -0.2) is 38.1 Å². The van der Waals surface area contributed by atoms with Gasteiger partial charge >= 0.3 is 0 Å². The third-order valence-electron chi connectivity index (χ3n) is 4.27. The van der Waals surface area contributed by atoms with Crippen LogP contribution in [0.25, 0.3) is 10.9 Å². The maximum Gasteiger partial charge on any atom is 0.191 e. The number of fused-ring (bicyclic) bond motifs is 1. The molecule has 0 amide bonds. The highest BCUT2D eigenvalue weighted by atomic mass is 127. The summed E-state index contributed by atoms with van der Waals surface area (Å²) in [5.74, 6) is 1.81. The molecule has 134 valence electrons. The SMILES string of the molecule is CN=C(NCc1cc(N(C)C)nc2ccccc12)NC1CC=CC1.I. The van der Waals surface area contributed by atoms with Crippen LogP contribution in [0.5, 0.6) is 0 Å². The molecule has 0 spiro atoms. The Morgan fingerprint density at radius 2 is 1.96 bits per heavy atom. The molecule has 6 heteroatoms. The lowest BCUT2D eigenvalue weighted by Crippen LogP contribution is -2.42. The number of benzene rings is 1. The second kappa shape index (κ2) is 9.03. The quantitative estimate of drug-likeness (QED) is 0.324. The first kappa shape index (κ1) is 19.5. The zero-order valence-electron chi connectivity index (χ0n) is 15.0. The number of halogens is 1. The van der Waals surface area contributed by atoms with E-state index in [4.69, 9.17) is 4.98 Å². The molecule has 1 aromatic carbocycles. The van der Waals surface area contributed by atoms with Crippen LogP contribution in [0, 0.1) is 0 Å². The van der Waals surface area contributed by atoms with Crippen molar-refractivity contribution in [2.75, 3.05) is 26.0 Å². The van der Waals surface area contributed by atoms with Gasteiger partial charge in [0.15, 0.2) is 5.96 Å². The molecule has 5 nitrogen and oxygen atoms in total. The van der Waals surface area contributed by atoms with E-state index < -0.39 is 0 Å². The van der Waals surface area contributed by atoms with Gasteiger partial charge < -0.3 is 15.5 Å². The minimum atomic E-state index is 0. The first-order chi connectivity index (χ1) is 11.7. The van der Waals surface area contributed by atoms with E-state index in [1.807, 2.05) is 32.1 Å². The van der Waals surface area contributed by atoms with Crippen molar-refractivity contribution in [3.8, 4) is 0 Å². The van der Waals surface area contributed by atoms with E-state index >= 15 is 0 Å². The van der Waals surface area contributed by atoms with Crippen LogP contribution >= 0.6 is 24.0 Å². The van der Waals surface area contributed by atoms with Crippen molar-refractivity contribution in [1.82, 2.24) is 15.6 Å². The van der Waals surface area contributed by atoms with Crippen LogP contribution in [0.2, 0.25) is 0 Å². The number of anilines is 1. The maximum atomic E-state index is 4.71. The van der Waals surface area contributed by atoms with Crippen LogP contribution in [0.4, 0.5) is 5.82 Å². The summed E-state index contributed by atoms with van der Waals surface area (Å²) < 4.78 is 0. The minimum absolute atomic E-state index is 0. The second-order valence-corrected chi connectivity index (χ2v) is 6.26. The first-order valence-corrected chi connectivity index (χ1v) is 8.35. The summed E-state index contributed by atoms with van der Waals surface area (Å²) >= 11 is 0. The molecule has 0 bridgehead atoms. The van der Waals surface area contributed by atoms with Gasteiger partial charge in [-0.05, 0) is 30.5 Å². The molecule has 25 heavy (non-hydrogen) atoms. The number of aromatic nitrogens is 1. The molecule has 1 aliphatic rings. The van der Waals surface area contributed by atoms with Gasteiger partial charge in [0.25, 0.3) is 0 Å². The molecule has 0 radical (unpaired) electrons. The Morgan fingerprint density at radius 3 is 2.64 bits per heavy atom. The molecular formula is C19H26IN5. The van der Waals surface area contributed by atoms with Gasteiger partial charge in [0.05, 0.1) is 5.52 Å². The highest BCUT2D eigenvalue weighted by Crippen LogP contribution is 2.22. The van der Waals surface area contributed by atoms with Crippen molar-refractivity contribution in [2.45, 2.75) is 25.4 Å². The van der Waals surface area contributed by atoms with E-state index in [1.54, 1.807) is 0 Å². The Hall–Kier alpha value is -1.83. The average Bonchev–Trinajstić information content (AvgIpc) is 3.11. The van der Waals surface area contributed by atoms with E-state index in [0.717, 1.165) is 30.1 Å². The standard InChI is InChI=1S/C19H25N5.HI/c1-20-19(22-15-8-4-5-9-15)21-13-14-12-18(24(2)3)23-17-11-7-6-10-16(14)17;/h4-7,10-12,15H,8-9,13H2,1-3H3,(H2,20,21,22);1H. The van der Waals surface area contributed by atoms with Crippen LogP contribution < -0.4 is 15.5 Å². The Labute approximate surface area is 166 Å². The highest BCUT2D eigenvalue weighted by Gasteiger charge is 2.12. The first-order valence-electron chi connectivity index (χ1n) is 8.35. The number of hydrogen-bond donors (Lipinski definition) is 2. The third kappa shape index (κ3) is 4.84. The summed E-state index contributed by atoms with van der Waals surface area (Å²) in [5.41, 5.74) is 2.24. The van der Waals surface area contributed by atoms with Gasteiger partial charge in [-0.15, -0.1) is 24.0 Å². The summed E-state index contributed by atoms with van der Waals surface area (Å²) in [6.07, 6.45) is 6.54. The monoisotopic (exact) mass is 451 g/mol. The summed E-state index contributed by atoms with van der Waals surface area (Å²) in [5, 5.41) is 8.08. The summed E-state index contributed by atoms with van der Waals surface area (Å²) in [7, 11) is 5.84. The normalized spacial score (nSPS) is 14.4. The van der Waals surface area contributed by atoms with Crippen LogP contribution in [0.1, 0.15) is 18.4 Å². The Balaban J connectivity index is 0.00000225. The predicted molar refractivity (Wildman–Crippen MR) is 117 cm³/mol. The Bertz CT molecular complexity index is 761. The largest absolute Gasteiger partial charge is 0.363 e. The van der Waals surface area contributed by atoms with E-state index in [9.17, 15) is 0 Å². The molecule has 2 aromatic rings. The highest BCUT2D eigenvalue weighted by molar-refractivity contribution is 14.0. The molecule has 1 aromatic heterocycles. The minimum Gasteiger partial charge on any atom is -0.363 e. The number of nitrogens with one attached hydrogen (secondary N) is 2. The zero-order chi connectivity index (χ0) is 16.9. The van der Waals surface area contributed by atoms with Gasteiger partial charge in [-0.3, -0.25) is 4.99 Å². The van der Waals surface area contributed by atoms with Crippen LogP contribution in [0.15, 0.2) is 47.5 Å². The number of pyridine rings is 1. The predicted octanol–water partition coefficient (Wildman–Crippen LogP) is 3.30. The van der Waals surface area contributed by atoms with Gasteiger partial charge in [0, 0.05) is 39.1 Å². The summed E-state index contributed by atoms with van der Waals surface area (Å²) in [4.78, 5) is 11.1. The van der Waals surface area contributed by atoms with E-state index in [2.05, 4.69) is 52.0 Å². The molecule has 0 fully saturated rings. The van der Waals surface area contributed by atoms with Crippen molar-refractivity contribution in [3.05, 3.63) is 48.0 Å². The van der Waals surface area contributed by atoms with Gasteiger partial charge in [0.2, 0.25) is 0 Å². The van der Waals surface area contributed by atoms with E-state index in [1.165, 1.54) is 10.9 Å². The van der Waals surface area contributed by atoms with Gasteiger partial charge in [-0.25, -0.2) is 4.98 Å². The molecule has 2 N–H and O–H groups in total. The van der Waals surface area contributed by atoms with Crippen molar-refractivity contribution < 1.29 is 0 Å². The fourth-order valence-corrected chi connectivity index (χ4v) is 2.91. The molecule has 1 heterocycles. The van der Waals surface area contributed by atoms with Crippen molar-refractivity contribution in [3.63, 3.8) is 0 Å². The molecule has 0 aliphatic heterocycles. The number of aliphatic imine (C=N–C) groups is 1. The van der Waals surface area contributed by atoms with E-state index in [-0.39, 0.29) is 24.0 Å². The number of guanidine groups is 1. The lowest BCUT2D eigenvalue weighted by Gasteiger charge is -2.19. The molecule has 0 atom stereocenters. The van der Waals surface area contributed by atoms with Crippen LogP contribution in [-0.2, 0) is 6.54 Å². The van der Waals surface area contributed by atoms with Crippen LogP contribution in [0.3, 0.4) is 0 Å². The number of para-hydroxylation sites is 1. The van der Waals surface area contributed by atoms with Gasteiger partial charge in [-0.1, -0.05) is 30.4 Å². The maximum absolute atomic E-state index is 4.71. The fourth-order valence-electron chi connectivity index (χ4n) is 2.91. The number of rotatable bonds is 4. The smallest absolute Gasteiger partial charge is 0.191 e. The molecule has 0 unspecified atom stereocenters. The molecule has 3 rings (SSSR count). The fraction of sp³-hybridized carbons (Fsp3) is 0.368. The van der Waals surface area contributed by atoms with Crippen molar-refractivity contribution >= 4 is 46.7 Å². The van der Waals surface area contributed by atoms with Gasteiger partial charge in [0.1, 0.15) is 5.82 Å². The van der Waals surface area contributed by atoms with E-state index in [0.29, 0.717) is 12.6 Å². The summed E-state index contributed by atoms with van der Waals surface area (Å²) in [6.45, 7) is 0.712. The van der Waals surface area contributed by atoms with Gasteiger partial charge in [-0.2, -0.15) is 0 Å². The molecule has 0 saturated carbocycles. The Morgan fingerprint density at radius 1 is 1.24 bits per heavy atom. The third-order valence-corrected chi connectivity index (χ3v) is 4.27. The molecular weight excluding hydrogens is 425 g/mol. The van der Waals surface area contributed by atoms with Crippen molar-refractivity contribution in [1.29, 1.82) is 0 Å². The average molecular weight is 451 g/mol. The Kier molecular flexibility index (Phi) is 7.04. The topological polar surface area (TPSA) is 52.6 Å². The zero-order valence-corrected chi connectivity index (χ0v) is 17.3. The number of nitrogens with zero attached hydrogens (tertiary/aromatic N) is 3. The summed E-state index contributed by atoms with van der Waals surface area (Å²) in [6, 6.07) is 10.8. The van der Waals surface area contributed by atoms with Crippen molar-refractivity contribution in [2.24, 2.45) is 4.99 Å². The lowest BCUT2D eigenvalue weighted by atomic mass is 10.1. The molecule has 1 aliphatic carbocycles. The second-order valence-electron chi connectivity index (χ2n) is 6.26. The number of hydrogen-bond acceptors (Lipinski definition) is 3. The molecule has 0 saturated heterocycles. The lowest BCUT2D eigenvalue weighted by molar-refractivity contribution is 0.633.